The lowest BCUT2D eigenvalue weighted by Crippen LogP contribution is -2.15. The zero-order valence-electron chi connectivity index (χ0n) is 9.51. The summed E-state index contributed by atoms with van der Waals surface area (Å²) in [6.45, 7) is 2.56. The van der Waals surface area contributed by atoms with Crippen molar-refractivity contribution in [3.63, 3.8) is 0 Å². The molecular formula is C10H15F3N4. The van der Waals surface area contributed by atoms with E-state index in [4.69, 9.17) is 0 Å². The van der Waals surface area contributed by atoms with E-state index in [1.165, 1.54) is 12.4 Å². The fourth-order valence-corrected chi connectivity index (χ4v) is 1.12. The van der Waals surface area contributed by atoms with Crippen molar-refractivity contribution in [2.24, 2.45) is 0 Å². The number of halogens is 3. The second kappa shape index (κ2) is 6.27. The van der Waals surface area contributed by atoms with Crippen LogP contribution in [0.3, 0.4) is 0 Å². The minimum absolute atomic E-state index is 0.199. The number of aromatic nitrogens is 2. The van der Waals surface area contributed by atoms with Gasteiger partial charge >= 0.3 is 6.18 Å². The van der Waals surface area contributed by atoms with Crippen LogP contribution in [-0.4, -0.2) is 29.2 Å². The van der Waals surface area contributed by atoms with Crippen molar-refractivity contribution in [2.45, 2.75) is 25.9 Å². The molecule has 1 aromatic heterocycles. The Balaban J connectivity index is 2.43. The lowest BCUT2D eigenvalue weighted by Gasteiger charge is -2.09. The Morgan fingerprint density at radius 3 is 2.24 bits per heavy atom. The zero-order valence-corrected chi connectivity index (χ0v) is 9.51. The first-order valence-corrected chi connectivity index (χ1v) is 5.38. The average Bonchev–Trinajstić information content (AvgIpc) is 2.25. The lowest BCUT2D eigenvalue weighted by molar-refractivity contribution is -0.131. The molecule has 7 heteroatoms. The molecule has 0 bridgehead atoms. The summed E-state index contributed by atoms with van der Waals surface area (Å²) in [5, 5.41) is 5.59. The molecule has 0 aliphatic rings. The average molecular weight is 248 g/mol. The molecule has 0 saturated carbocycles. The highest BCUT2D eigenvalue weighted by Gasteiger charge is 2.26. The van der Waals surface area contributed by atoms with Gasteiger partial charge in [-0.05, 0) is 6.42 Å². The maximum absolute atomic E-state index is 11.9. The topological polar surface area (TPSA) is 49.8 Å². The minimum Gasteiger partial charge on any atom is -0.369 e. The van der Waals surface area contributed by atoms with Gasteiger partial charge < -0.3 is 10.6 Å². The molecule has 0 fully saturated rings. The third-order valence-electron chi connectivity index (χ3n) is 1.91. The van der Waals surface area contributed by atoms with Crippen LogP contribution in [0.5, 0.6) is 0 Å². The normalized spacial score (nSPS) is 11.3. The van der Waals surface area contributed by atoms with Crippen LogP contribution in [0.25, 0.3) is 0 Å². The van der Waals surface area contributed by atoms with Gasteiger partial charge in [0.15, 0.2) is 0 Å². The predicted octanol–water partition coefficient (Wildman–Crippen LogP) is 2.66. The van der Waals surface area contributed by atoms with E-state index in [-0.39, 0.29) is 6.54 Å². The van der Waals surface area contributed by atoms with E-state index in [1.54, 1.807) is 0 Å². The van der Waals surface area contributed by atoms with Crippen molar-refractivity contribution in [3.05, 3.63) is 12.4 Å². The molecule has 0 amide bonds. The first kappa shape index (κ1) is 13.5. The van der Waals surface area contributed by atoms with Crippen LogP contribution in [0, 0.1) is 0 Å². The quantitative estimate of drug-likeness (QED) is 0.812. The molecule has 0 aromatic carbocycles. The zero-order chi connectivity index (χ0) is 12.7. The van der Waals surface area contributed by atoms with Crippen molar-refractivity contribution in [1.29, 1.82) is 0 Å². The van der Waals surface area contributed by atoms with Gasteiger partial charge in [-0.15, -0.1) is 0 Å². The molecule has 4 nitrogen and oxygen atoms in total. The molecule has 0 radical (unpaired) electrons. The smallest absolute Gasteiger partial charge is 0.369 e. The Bertz CT molecular complexity index is 341. The molecule has 0 aliphatic carbocycles. The van der Waals surface area contributed by atoms with Crippen molar-refractivity contribution < 1.29 is 13.2 Å². The Labute approximate surface area is 97.7 Å². The third-order valence-corrected chi connectivity index (χ3v) is 1.91. The maximum atomic E-state index is 11.9. The molecule has 0 unspecified atom stereocenters. The van der Waals surface area contributed by atoms with E-state index in [2.05, 4.69) is 20.6 Å². The van der Waals surface area contributed by atoms with Crippen LogP contribution in [0.4, 0.5) is 24.8 Å². The Morgan fingerprint density at radius 1 is 1.12 bits per heavy atom. The Morgan fingerprint density at radius 2 is 1.71 bits per heavy atom. The molecule has 0 spiro atoms. The van der Waals surface area contributed by atoms with Gasteiger partial charge in [-0.25, -0.2) is 4.98 Å². The summed E-state index contributed by atoms with van der Waals surface area (Å²) in [5.41, 5.74) is 0. The first-order chi connectivity index (χ1) is 8.01. The molecule has 0 aliphatic heterocycles. The number of hydrogen-bond donors (Lipinski definition) is 2. The van der Waals surface area contributed by atoms with Gasteiger partial charge in [-0.2, -0.15) is 13.2 Å². The number of nitrogens with one attached hydrogen (secondary N) is 2. The van der Waals surface area contributed by atoms with Gasteiger partial charge in [0.2, 0.25) is 0 Å². The summed E-state index contributed by atoms with van der Waals surface area (Å²) < 4.78 is 35.7. The third kappa shape index (κ3) is 5.94. The Kier molecular flexibility index (Phi) is 4.99. The second-order valence-corrected chi connectivity index (χ2v) is 3.51. The van der Waals surface area contributed by atoms with E-state index in [1.807, 2.05) is 6.92 Å². The van der Waals surface area contributed by atoms with Crippen molar-refractivity contribution in [3.8, 4) is 0 Å². The SMILES string of the molecule is CCCNc1cncc(NCCC(F)(F)F)n1. The summed E-state index contributed by atoms with van der Waals surface area (Å²) in [6.07, 6.45) is -1.18. The number of rotatable bonds is 6. The molecular weight excluding hydrogens is 233 g/mol. The fraction of sp³-hybridized carbons (Fsp3) is 0.600. The molecule has 0 atom stereocenters. The van der Waals surface area contributed by atoms with Crippen LogP contribution >= 0.6 is 0 Å². The molecule has 1 aromatic rings. The van der Waals surface area contributed by atoms with Crippen LogP contribution in [-0.2, 0) is 0 Å². The number of hydrogen-bond acceptors (Lipinski definition) is 4. The lowest BCUT2D eigenvalue weighted by atomic mass is 10.4. The summed E-state index contributed by atoms with van der Waals surface area (Å²) in [4.78, 5) is 7.96. The highest BCUT2D eigenvalue weighted by atomic mass is 19.4. The van der Waals surface area contributed by atoms with E-state index >= 15 is 0 Å². The molecule has 1 rings (SSSR count). The molecule has 2 N–H and O–H groups in total. The molecule has 96 valence electrons. The van der Waals surface area contributed by atoms with Gasteiger partial charge in [0.1, 0.15) is 11.6 Å². The number of nitrogens with zero attached hydrogens (tertiary/aromatic N) is 2. The molecule has 17 heavy (non-hydrogen) atoms. The fourth-order valence-electron chi connectivity index (χ4n) is 1.12. The van der Waals surface area contributed by atoms with Gasteiger partial charge in [-0.1, -0.05) is 6.92 Å². The van der Waals surface area contributed by atoms with Gasteiger partial charge in [0.05, 0.1) is 18.8 Å². The highest BCUT2D eigenvalue weighted by molar-refractivity contribution is 5.41. The number of anilines is 2. The predicted molar refractivity (Wildman–Crippen MR) is 60.0 cm³/mol. The minimum atomic E-state index is -4.15. The van der Waals surface area contributed by atoms with Gasteiger partial charge in [0.25, 0.3) is 0 Å². The Hall–Kier alpha value is -1.53. The van der Waals surface area contributed by atoms with Gasteiger partial charge in [-0.3, -0.25) is 4.98 Å². The van der Waals surface area contributed by atoms with Crippen LogP contribution in [0.1, 0.15) is 19.8 Å². The second-order valence-electron chi connectivity index (χ2n) is 3.51. The standard InChI is InChI=1S/C10H15F3N4/c1-2-4-15-8-6-14-7-9(17-8)16-5-3-10(11,12)13/h6-7H,2-5H2,1H3,(H2,15,16,17). The summed E-state index contributed by atoms with van der Waals surface area (Å²) >= 11 is 0. The maximum Gasteiger partial charge on any atom is 0.390 e. The van der Waals surface area contributed by atoms with E-state index in [0.717, 1.165) is 13.0 Å². The van der Waals surface area contributed by atoms with Crippen LogP contribution in [0.15, 0.2) is 12.4 Å². The van der Waals surface area contributed by atoms with E-state index < -0.39 is 12.6 Å². The van der Waals surface area contributed by atoms with Crippen molar-refractivity contribution >= 4 is 11.6 Å². The summed E-state index contributed by atoms with van der Waals surface area (Å²) in [7, 11) is 0. The van der Waals surface area contributed by atoms with E-state index in [0.29, 0.717) is 11.6 Å². The molecule has 0 saturated heterocycles. The summed E-state index contributed by atoms with van der Waals surface area (Å²) in [6, 6.07) is 0. The number of alkyl halides is 3. The van der Waals surface area contributed by atoms with Crippen molar-refractivity contribution in [1.82, 2.24) is 9.97 Å². The van der Waals surface area contributed by atoms with E-state index in [9.17, 15) is 13.2 Å². The first-order valence-electron chi connectivity index (χ1n) is 5.38. The monoisotopic (exact) mass is 248 g/mol. The summed E-state index contributed by atoms with van der Waals surface area (Å²) in [5.74, 6) is 0.902. The highest BCUT2D eigenvalue weighted by Crippen LogP contribution is 2.19. The molecule has 1 heterocycles. The van der Waals surface area contributed by atoms with Crippen LogP contribution < -0.4 is 10.6 Å². The van der Waals surface area contributed by atoms with Crippen molar-refractivity contribution in [2.75, 3.05) is 23.7 Å². The van der Waals surface area contributed by atoms with Crippen LogP contribution in [0.2, 0.25) is 0 Å². The largest absolute Gasteiger partial charge is 0.390 e. The van der Waals surface area contributed by atoms with Gasteiger partial charge in [0, 0.05) is 13.1 Å².